The van der Waals surface area contributed by atoms with E-state index in [1.165, 1.54) is 0 Å². The highest BCUT2D eigenvalue weighted by atomic mass is 16.5. The fourth-order valence-electron chi connectivity index (χ4n) is 2.48. The molecule has 1 aliphatic heterocycles. The van der Waals surface area contributed by atoms with Crippen LogP contribution in [-0.2, 0) is 11.3 Å². The maximum atomic E-state index is 9.21. The molecule has 1 saturated heterocycles. The van der Waals surface area contributed by atoms with E-state index in [1.54, 1.807) is 7.11 Å². The molecule has 0 aliphatic carbocycles. The molecule has 1 aliphatic rings. The van der Waals surface area contributed by atoms with Crippen LogP contribution in [-0.4, -0.2) is 65.9 Å². The van der Waals surface area contributed by atoms with Gasteiger partial charge in [0.2, 0.25) is 0 Å². The Bertz CT molecular complexity index is 433. The van der Waals surface area contributed by atoms with Crippen molar-refractivity contribution in [3.05, 3.63) is 17.6 Å². The number of nitrogens with zero attached hydrogens (tertiary/aromatic N) is 4. The van der Waals surface area contributed by atoms with Crippen molar-refractivity contribution in [1.29, 1.82) is 0 Å². The van der Waals surface area contributed by atoms with E-state index in [-0.39, 0.29) is 12.6 Å². The number of aromatic nitrogens is 2. The van der Waals surface area contributed by atoms with E-state index < -0.39 is 0 Å². The minimum absolute atomic E-state index is 0.213. The first-order chi connectivity index (χ1) is 9.63. The predicted molar refractivity (Wildman–Crippen MR) is 77.8 cm³/mol. The van der Waals surface area contributed by atoms with Crippen molar-refractivity contribution in [2.75, 3.05) is 44.8 Å². The summed E-state index contributed by atoms with van der Waals surface area (Å²) in [5.41, 5.74) is 0.966. The Morgan fingerprint density at radius 1 is 1.30 bits per heavy atom. The third-order valence-electron chi connectivity index (χ3n) is 3.69. The molecule has 2 rings (SSSR count). The summed E-state index contributed by atoms with van der Waals surface area (Å²) < 4.78 is 5.11. The molecule has 0 aromatic carbocycles. The largest absolute Gasteiger partial charge is 0.395 e. The summed E-state index contributed by atoms with van der Waals surface area (Å²) in [6, 6.07) is 2.25. The van der Waals surface area contributed by atoms with Gasteiger partial charge in [0, 0.05) is 51.1 Å². The van der Waals surface area contributed by atoms with Crippen LogP contribution in [0.5, 0.6) is 0 Å². The fourth-order valence-corrected chi connectivity index (χ4v) is 2.48. The number of anilines is 1. The number of aryl methyl sites for hydroxylation is 1. The van der Waals surface area contributed by atoms with Gasteiger partial charge in [-0.1, -0.05) is 0 Å². The van der Waals surface area contributed by atoms with Crippen LogP contribution in [0.3, 0.4) is 0 Å². The first kappa shape index (κ1) is 15.2. The van der Waals surface area contributed by atoms with Gasteiger partial charge in [-0.15, -0.1) is 0 Å². The van der Waals surface area contributed by atoms with Crippen LogP contribution in [0, 0.1) is 6.92 Å². The molecule has 1 aromatic heterocycles. The fraction of sp³-hybridized carbons (Fsp3) is 0.714. The van der Waals surface area contributed by atoms with Gasteiger partial charge in [0.05, 0.1) is 6.61 Å². The standard InChI is InChI=1S/C14H24N4O2/c1-11-8-14(16-13(15-11)10-20-3)18-6-4-17(5-7-18)12(2)9-19/h8,12,19H,4-7,9-10H2,1-3H3/t12-/m1/s1. The Balaban J connectivity index is 2.03. The minimum Gasteiger partial charge on any atom is -0.395 e. The van der Waals surface area contributed by atoms with Crippen LogP contribution in [0.2, 0.25) is 0 Å². The van der Waals surface area contributed by atoms with E-state index in [0.29, 0.717) is 6.61 Å². The van der Waals surface area contributed by atoms with E-state index in [9.17, 15) is 5.11 Å². The highest BCUT2D eigenvalue weighted by molar-refractivity contribution is 5.40. The zero-order valence-electron chi connectivity index (χ0n) is 12.5. The minimum atomic E-state index is 0.213. The second-order valence-corrected chi connectivity index (χ2v) is 5.27. The number of hydrogen-bond donors (Lipinski definition) is 1. The molecule has 1 N–H and O–H groups in total. The Kier molecular flexibility index (Phi) is 5.28. The highest BCUT2D eigenvalue weighted by Gasteiger charge is 2.21. The summed E-state index contributed by atoms with van der Waals surface area (Å²) in [6.07, 6.45) is 0. The zero-order valence-corrected chi connectivity index (χ0v) is 12.5. The lowest BCUT2D eigenvalue weighted by molar-refractivity contribution is 0.128. The molecule has 0 amide bonds. The molecule has 6 nitrogen and oxygen atoms in total. The number of hydrogen-bond acceptors (Lipinski definition) is 6. The van der Waals surface area contributed by atoms with Gasteiger partial charge in [0.25, 0.3) is 0 Å². The van der Waals surface area contributed by atoms with Gasteiger partial charge in [0.1, 0.15) is 12.4 Å². The lowest BCUT2D eigenvalue weighted by Crippen LogP contribution is -2.50. The molecular formula is C14H24N4O2. The molecular weight excluding hydrogens is 256 g/mol. The van der Waals surface area contributed by atoms with Gasteiger partial charge in [-0.25, -0.2) is 9.97 Å². The molecule has 1 atom stereocenters. The van der Waals surface area contributed by atoms with E-state index in [1.807, 2.05) is 13.0 Å². The van der Waals surface area contributed by atoms with Crippen LogP contribution in [0.4, 0.5) is 5.82 Å². The topological polar surface area (TPSA) is 61.7 Å². The van der Waals surface area contributed by atoms with Gasteiger partial charge in [-0.3, -0.25) is 4.90 Å². The smallest absolute Gasteiger partial charge is 0.156 e. The van der Waals surface area contributed by atoms with Crippen molar-refractivity contribution in [2.24, 2.45) is 0 Å². The molecule has 2 heterocycles. The Labute approximate surface area is 120 Å². The SMILES string of the molecule is COCc1nc(C)cc(N2CCN([C@H](C)CO)CC2)n1. The molecule has 20 heavy (non-hydrogen) atoms. The maximum absolute atomic E-state index is 9.21. The van der Waals surface area contributed by atoms with Crippen LogP contribution in [0.25, 0.3) is 0 Å². The van der Waals surface area contributed by atoms with Gasteiger partial charge in [-0.05, 0) is 13.8 Å². The van der Waals surface area contributed by atoms with Crippen LogP contribution < -0.4 is 4.90 Å². The lowest BCUT2D eigenvalue weighted by atomic mass is 10.2. The molecule has 6 heteroatoms. The third-order valence-corrected chi connectivity index (χ3v) is 3.69. The van der Waals surface area contributed by atoms with Gasteiger partial charge < -0.3 is 14.7 Å². The number of piperazine rings is 1. The molecule has 0 spiro atoms. The third kappa shape index (κ3) is 3.65. The maximum Gasteiger partial charge on any atom is 0.156 e. The first-order valence-corrected chi connectivity index (χ1v) is 7.07. The van der Waals surface area contributed by atoms with Crippen LogP contribution in [0.15, 0.2) is 6.07 Å². The molecule has 0 bridgehead atoms. The number of aliphatic hydroxyl groups is 1. The zero-order chi connectivity index (χ0) is 14.5. The van der Waals surface area contributed by atoms with Crippen molar-refractivity contribution in [3.8, 4) is 0 Å². The monoisotopic (exact) mass is 280 g/mol. The molecule has 1 aromatic rings. The Hall–Kier alpha value is -1.24. The van der Waals surface area contributed by atoms with Crippen molar-refractivity contribution in [2.45, 2.75) is 26.5 Å². The molecule has 1 fully saturated rings. The first-order valence-electron chi connectivity index (χ1n) is 7.07. The summed E-state index contributed by atoms with van der Waals surface area (Å²) in [7, 11) is 1.65. The van der Waals surface area contributed by atoms with E-state index >= 15 is 0 Å². The summed E-state index contributed by atoms with van der Waals surface area (Å²) in [4.78, 5) is 13.5. The van der Waals surface area contributed by atoms with Gasteiger partial charge >= 0.3 is 0 Å². The van der Waals surface area contributed by atoms with Crippen molar-refractivity contribution in [3.63, 3.8) is 0 Å². The van der Waals surface area contributed by atoms with Crippen molar-refractivity contribution >= 4 is 5.82 Å². The van der Waals surface area contributed by atoms with Crippen molar-refractivity contribution in [1.82, 2.24) is 14.9 Å². The average molecular weight is 280 g/mol. The van der Waals surface area contributed by atoms with Gasteiger partial charge in [-0.2, -0.15) is 0 Å². The van der Waals surface area contributed by atoms with Crippen LogP contribution >= 0.6 is 0 Å². The summed E-state index contributed by atoms with van der Waals surface area (Å²) in [6.45, 7) is 8.44. The number of methoxy groups -OCH3 is 1. The number of ether oxygens (including phenoxy) is 1. The number of aliphatic hydroxyl groups excluding tert-OH is 1. The molecule has 0 radical (unpaired) electrons. The highest BCUT2D eigenvalue weighted by Crippen LogP contribution is 2.16. The predicted octanol–water partition coefficient (Wildman–Crippen LogP) is 0.434. The summed E-state index contributed by atoms with van der Waals surface area (Å²) in [5, 5.41) is 9.21. The Morgan fingerprint density at radius 3 is 2.60 bits per heavy atom. The molecule has 0 saturated carbocycles. The van der Waals surface area contributed by atoms with Crippen molar-refractivity contribution < 1.29 is 9.84 Å². The second kappa shape index (κ2) is 6.97. The summed E-state index contributed by atoms with van der Waals surface area (Å²) >= 11 is 0. The molecule has 0 unspecified atom stereocenters. The van der Waals surface area contributed by atoms with E-state index in [2.05, 4.69) is 26.7 Å². The average Bonchev–Trinajstić information content (AvgIpc) is 2.46. The van der Waals surface area contributed by atoms with E-state index in [0.717, 1.165) is 43.5 Å². The number of rotatable bonds is 5. The van der Waals surface area contributed by atoms with Crippen LogP contribution in [0.1, 0.15) is 18.4 Å². The normalized spacial score (nSPS) is 18.3. The molecule has 112 valence electrons. The second-order valence-electron chi connectivity index (χ2n) is 5.27. The van der Waals surface area contributed by atoms with Gasteiger partial charge in [0.15, 0.2) is 5.82 Å². The Morgan fingerprint density at radius 2 is 2.00 bits per heavy atom. The van der Waals surface area contributed by atoms with E-state index in [4.69, 9.17) is 4.74 Å². The summed E-state index contributed by atoms with van der Waals surface area (Å²) in [5.74, 6) is 1.70. The quantitative estimate of drug-likeness (QED) is 0.844. The lowest BCUT2D eigenvalue weighted by Gasteiger charge is -2.38.